The highest BCUT2D eigenvalue weighted by molar-refractivity contribution is 5.83. The maximum absolute atomic E-state index is 10.1. The van der Waals surface area contributed by atoms with Crippen molar-refractivity contribution in [2.24, 2.45) is 7.05 Å². The van der Waals surface area contributed by atoms with E-state index in [0.717, 1.165) is 23.0 Å². The monoisotopic (exact) mass is 490 g/mol. The van der Waals surface area contributed by atoms with E-state index in [9.17, 15) is 5.11 Å². The minimum Gasteiger partial charge on any atom is -0.494 e. The van der Waals surface area contributed by atoms with E-state index in [1.807, 2.05) is 50.4 Å². The highest BCUT2D eigenvalue weighted by Crippen LogP contribution is 2.38. The summed E-state index contributed by atoms with van der Waals surface area (Å²) in [6.45, 7) is 4.81. The fraction of sp³-hybridized carbons (Fsp3) is 0.280. The molecular weight excluding hydrogens is 460 g/mol. The normalized spacial score (nSPS) is 11.9. The largest absolute Gasteiger partial charge is 0.494 e. The summed E-state index contributed by atoms with van der Waals surface area (Å²) < 4.78 is 13.3. The maximum Gasteiger partial charge on any atom is 0.230 e. The molecule has 188 valence electrons. The van der Waals surface area contributed by atoms with Crippen molar-refractivity contribution in [1.82, 2.24) is 29.6 Å². The zero-order valence-electron chi connectivity index (χ0n) is 20.8. The third kappa shape index (κ3) is 5.70. The molecule has 4 aromatic rings. The van der Waals surface area contributed by atoms with Crippen LogP contribution < -0.4 is 20.1 Å². The first-order chi connectivity index (χ1) is 17.4. The van der Waals surface area contributed by atoms with Crippen molar-refractivity contribution in [3.63, 3.8) is 0 Å². The number of hydrogen-bond donors (Lipinski definition) is 3. The van der Waals surface area contributed by atoms with E-state index < -0.39 is 6.23 Å². The van der Waals surface area contributed by atoms with E-state index in [1.54, 1.807) is 23.9 Å². The lowest BCUT2D eigenvalue weighted by atomic mass is 10.1. The number of rotatable bonds is 11. The summed E-state index contributed by atoms with van der Waals surface area (Å²) in [6, 6.07) is 9.43. The third-order valence-electron chi connectivity index (χ3n) is 5.45. The Morgan fingerprint density at radius 2 is 2.00 bits per heavy atom. The lowest BCUT2D eigenvalue weighted by Crippen LogP contribution is -2.21. The first-order valence-electron chi connectivity index (χ1n) is 11.3. The second-order valence-electron chi connectivity index (χ2n) is 8.32. The summed E-state index contributed by atoms with van der Waals surface area (Å²) >= 11 is 0. The number of fused-ring (bicyclic) bond motifs is 1. The van der Waals surface area contributed by atoms with E-state index in [2.05, 4.69) is 37.3 Å². The molecule has 0 saturated heterocycles. The average Bonchev–Trinajstić information content (AvgIpc) is 3.25. The van der Waals surface area contributed by atoms with Crippen molar-refractivity contribution in [1.29, 1.82) is 0 Å². The molecule has 0 radical (unpaired) electrons. The Bertz CT molecular complexity index is 1350. The van der Waals surface area contributed by atoms with Gasteiger partial charge in [0.05, 0.1) is 30.2 Å². The summed E-state index contributed by atoms with van der Waals surface area (Å²) in [5.41, 5.74) is 2.95. The van der Waals surface area contributed by atoms with Crippen molar-refractivity contribution in [2.45, 2.75) is 6.23 Å². The van der Waals surface area contributed by atoms with E-state index >= 15 is 0 Å². The van der Waals surface area contributed by atoms with Crippen LogP contribution in [0.5, 0.6) is 11.5 Å². The molecule has 36 heavy (non-hydrogen) atoms. The standard InChI is InChI=1S/C25H30N8O3/c1-6-23(34)29-19-12-18(21(35-5)13-22(19)36-10-9-32(2)3)30-25-27-15-26-24(31-25)16-7-8-17-14-28-33(4)20(17)11-16/h6-8,11-15,23,29,34H,1,9-10H2,2-5H3,(H,26,27,30,31). The second kappa shape index (κ2) is 11.0. The first kappa shape index (κ1) is 24.9. The van der Waals surface area contributed by atoms with E-state index in [1.165, 1.54) is 12.4 Å². The van der Waals surface area contributed by atoms with Gasteiger partial charge < -0.3 is 30.1 Å². The maximum atomic E-state index is 10.1. The van der Waals surface area contributed by atoms with Crippen LogP contribution in [0.15, 0.2) is 55.5 Å². The minimum atomic E-state index is -0.965. The average molecular weight is 491 g/mol. The molecule has 0 aliphatic rings. The van der Waals surface area contributed by atoms with Crippen LogP contribution in [-0.4, -0.2) is 75.3 Å². The number of nitrogens with zero attached hydrogens (tertiary/aromatic N) is 6. The van der Waals surface area contributed by atoms with Crippen LogP contribution in [-0.2, 0) is 7.05 Å². The van der Waals surface area contributed by atoms with Gasteiger partial charge in [-0.15, -0.1) is 0 Å². The predicted molar refractivity (Wildman–Crippen MR) is 140 cm³/mol. The number of likely N-dealkylation sites (N-methyl/N-ethyl adjacent to an activating group) is 1. The zero-order chi connectivity index (χ0) is 25.7. The van der Waals surface area contributed by atoms with Gasteiger partial charge in [-0.05, 0) is 32.3 Å². The Labute approximate surface area is 209 Å². The summed E-state index contributed by atoms with van der Waals surface area (Å²) in [5.74, 6) is 1.89. The van der Waals surface area contributed by atoms with Gasteiger partial charge in [-0.25, -0.2) is 9.97 Å². The highest BCUT2D eigenvalue weighted by atomic mass is 16.5. The Kier molecular flexibility index (Phi) is 7.62. The third-order valence-corrected chi connectivity index (χ3v) is 5.45. The fourth-order valence-electron chi connectivity index (χ4n) is 3.52. The lowest BCUT2D eigenvalue weighted by molar-refractivity contribution is 0.246. The number of nitrogens with one attached hydrogen (secondary N) is 2. The molecule has 2 aromatic heterocycles. The summed E-state index contributed by atoms with van der Waals surface area (Å²) in [4.78, 5) is 15.2. The molecular formula is C25H30N8O3. The molecule has 4 rings (SSSR count). The Morgan fingerprint density at radius 3 is 2.75 bits per heavy atom. The van der Waals surface area contributed by atoms with Gasteiger partial charge in [0.15, 0.2) is 5.82 Å². The van der Waals surface area contributed by atoms with Crippen LogP contribution in [0.3, 0.4) is 0 Å². The van der Waals surface area contributed by atoms with Crippen molar-refractivity contribution in [2.75, 3.05) is 45.0 Å². The molecule has 0 amide bonds. The number of benzene rings is 2. The second-order valence-corrected chi connectivity index (χ2v) is 8.32. The van der Waals surface area contributed by atoms with Crippen LogP contribution >= 0.6 is 0 Å². The molecule has 0 aliphatic heterocycles. The van der Waals surface area contributed by atoms with Crippen LogP contribution in [0, 0.1) is 0 Å². The number of aliphatic hydroxyl groups is 1. The molecule has 1 unspecified atom stereocenters. The minimum absolute atomic E-state index is 0.333. The van der Waals surface area contributed by atoms with Crippen LogP contribution in [0.1, 0.15) is 0 Å². The van der Waals surface area contributed by atoms with Gasteiger partial charge in [0.2, 0.25) is 5.95 Å². The van der Waals surface area contributed by atoms with Crippen molar-refractivity contribution >= 4 is 28.2 Å². The zero-order valence-corrected chi connectivity index (χ0v) is 20.8. The summed E-state index contributed by atoms with van der Waals surface area (Å²) in [7, 11) is 7.39. The van der Waals surface area contributed by atoms with E-state index in [-0.39, 0.29) is 0 Å². The van der Waals surface area contributed by atoms with Gasteiger partial charge in [0, 0.05) is 30.6 Å². The molecule has 1 atom stereocenters. The van der Waals surface area contributed by atoms with Crippen molar-refractivity contribution in [3.05, 3.63) is 55.5 Å². The van der Waals surface area contributed by atoms with Crippen LogP contribution in [0.2, 0.25) is 0 Å². The summed E-state index contributed by atoms with van der Waals surface area (Å²) in [6.07, 6.45) is 3.68. The molecule has 11 heteroatoms. The number of aromatic nitrogens is 5. The van der Waals surface area contributed by atoms with Crippen molar-refractivity contribution < 1.29 is 14.6 Å². The Balaban J connectivity index is 1.64. The van der Waals surface area contributed by atoms with Crippen LogP contribution in [0.4, 0.5) is 17.3 Å². The van der Waals surface area contributed by atoms with E-state index in [4.69, 9.17) is 9.47 Å². The molecule has 2 heterocycles. The quantitative estimate of drug-likeness (QED) is 0.214. The van der Waals surface area contributed by atoms with Gasteiger partial charge >= 0.3 is 0 Å². The van der Waals surface area contributed by atoms with Gasteiger partial charge in [-0.1, -0.05) is 18.7 Å². The number of aliphatic hydroxyl groups excluding tert-OH is 1. The Hall–Kier alpha value is -4.22. The molecule has 0 bridgehead atoms. The van der Waals surface area contributed by atoms with Gasteiger partial charge in [0.25, 0.3) is 0 Å². The smallest absolute Gasteiger partial charge is 0.230 e. The highest BCUT2D eigenvalue weighted by Gasteiger charge is 2.16. The molecule has 11 nitrogen and oxygen atoms in total. The molecule has 3 N–H and O–H groups in total. The molecule has 0 spiro atoms. The summed E-state index contributed by atoms with van der Waals surface area (Å²) in [5, 5.41) is 21.6. The number of methoxy groups -OCH3 is 1. The molecule has 0 aliphatic carbocycles. The number of hydrogen-bond acceptors (Lipinski definition) is 10. The molecule has 0 saturated carbocycles. The lowest BCUT2D eigenvalue weighted by Gasteiger charge is -2.20. The SMILES string of the molecule is C=CC(O)Nc1cc(Nc2ncnc(-c3ccc4cnn(C)c4c3)n2)c(OC)cc1OCCN(C)C. The van der Waals surface area contributed by atoms with Crippen LogP contribution in [0.25, 0.3) is 22.3 Å². The molecule has 0 fully saturated rings. The van der Waals surface area contributed by atoms with Crippen molar-refractivity contribution in [3.8, 4) is 22.9 Å². The fourth-order valence-corrected chi connectivity index (χ4v) is 3.52. The van der Waals surface area contributed by atoms with Gasteiger partial charge in [-0.2, -0.15) is 10.1 Å². The predicted octanol–water partition coefficient (Wildman–Crippen LogP) is 3.03. The number of ether oxygens (including phenoxy) is 2. The Morgan fingerprint density at radius 1 is 1.17 bits per heavy atom. The molecule has 2 aromatic carbocycles. The topological polar surface area (TPSA) is 122 Å². The number of anilines is 3. The van der Waals surface area contributed by atoms with Gasteiger partial charge in [0.1, 0.15) is 30.7 Å². The first-order valence-corrected chi connectivity index (χ1v) is 11.3. The van der Waals surface area contributed by atoms with E-state index in [0.29, 0.717) is 41.3 Å². The number of aryl methyl sites for hydroxylation is 1. The van der Waals surface area contributed by atoms with Gasteiger partial charge in [-0.3, -0.25) is 4.68 Å².